The maximum absolute atomic E-state index is 12.3. The zero-order valence-electron chi connectivity index (χ0n) is 11.2. The predicted octanol–water partition coefficient (Wildman–Crippen LogP) is 2.85. The van der Waals surface area contributed by atoms with Crippen LogP contribution in [0.2, 0.25) is 0 Å². The third-order valence-electron chi connectivity index (χ3n) is 2.91. The van der Waals surface area contributed by atoms with Crippen molar-refractivity contribution in [2.75, 3.05) is 5.88 Å². The van der Waals surface area contributed by atoms with E-state index in [9.17, 15) is 8.42 Å². The van der Waals surface area contributed by atoms with Crippen LogP contribution in [-0.4, -0.2) is 20.3 Å². The Morgan fingerprint density at radius 3 is 2.39 bits per heavy atom. The van der Waals surface area contributed by atoms with E-state index in [0.717, 1.165) is 11.1 Å². The second kappa shape index (κ2) is 6.04. The van der Waals surface area contributed by atoms with Crippen LogP contribution in [0.1, 0.15) is 25.0 Å². The fourth-order valence-electron chi connectivity index (χ4n) is 1.61. The molecule has 0 radical (unpaired) electrons. The number of sulfonamides is 1. The van der Waals surface area contributed by atoms with Crippen LogP contribution >= 0.6 is 11.6 Å². The van der Waals surface area contributed by atoms with Gasteiger partial charge in [0.05, 0.1) is 4.90 Å². The smallest absolute Gasteiger partial charge is 0.207 e. The summed E-state index contributed by atoms with van der Waals surface area (Å²) < 4.78 is 27.3. The minimum atomic E-state index is -3.50. The van der Waals surface area contributed by atoms with Crippen molar-refractivity contribution in [3.8, 4) is 0 Å². The van der Waals surface area contributed by atoms with Gasteiger partial charge in [0.1, 0.15) is 0 Å². The summed E-state index contributed by atoms with van der Waals surface area (Å²) in [7, 11) is -3.50. The van der Waals surface area contributed by atoms with Crippen LogP contribution in [0.5, 0.6) is 0 Å². The number of nitrogens with one attached hydrogen (secondary N) is 1. The molecule has 1 rings (SSSR count). The second-order valence-corrected chi connectivity index (χ2v) is 6.89. The summed E-state index contributed by atoms with van der Waals surface area (Å²) in [4.78, 5) is 0.332. The Balaban J connectivity index is 3.10. The fourth-order valence-corrected chi connectivity index (χ4v) is 3.84. The third kappa shape index (κ3) is 3.70. The van der Waals surface area contributed by atoms with Crippen molar-refractivity contribution in [2.24, 2.45) is 5.92 Å². The Hall–Kier alpha value is -0.580. The van der Waals surface area contributed by atoms with E-state index >= 15 is 0 Å². The van der Waals surface area contributed by atoms with Crippen molar-refractivity contribution in [3.05, 3.63) is 29.3 Å². The maximum atomic E-state index is 12.3. The molecule has 0 aliphatic carbocycles. The van der Waals surface area contributed by atoms with Crippen LogP contribution in [0.4, 0.5) is 0 Å². The van der Waals surface area contributed by atoms with E-state index < -0.39 is 10.0 Å². The first kappa shape index (κ1) is 15.5. The largest absolute Gasteiger partial charge is 0.241 e. The summed E-state index contributed by atoms with van der Waals surface area (Å²) in [5, 5.41) is 0. The maximum Gasteiger partial charge on any atom is 0.241 e. The highest BCUT2D eigenvalue weighted by Gasteiger charge is 2.23. The van der Waals surface area contributed by atoms with Crippen molar-refractivity contribution in [3.63, 3.8) is 0 Å². The second-order valence-electron chi connectivity index (χ2n) is 4.90. The molecule has 0 bridgehead atoms. The molecule has 0 saturated carbocycles. The van der Waals surface area contributed by atoms with E-state index in [4.69, 9.17) is 11.6 Å². The Morgan fingerprint density at radius 2 is 1.89 bits per heavy atom. The van der Waals surface area contributed by atoms with E-state index in [0.29, 0.717) is 4.90 Å². The van der Waals surface area contributed by atoms with Gasteiger partial charge in [-0.05, 0) is 37.0 Å². The minimum absolute atomic E-state index is 0.155. The highest BCUT2D eigenvalue weighted by molar-refractivity contribution is 7.89. The number of benzene rings is 1. The summed E-state index contributed by atoms with van der Waals surface area (Å²) in [6.45, 7) is 7.55. The van der Waals surface area contributed by atoms with Crippen molar-refractivity contribution in [1.82, 2.24) is 4.72 Å². The molecule has 0 aliphatic rings. The molecule has 1 N–H and O–H groups in total. The Morgan fingerprint density at radius 1 is 1.28 bits per heavy atom. The molecule has 5 heteroatoms. The van der Waals surface area contributed by atoms with Gasteiger partial charge in [-0.3, -0.25) is 0 Å². The minimum Gasteiger partial charge on any atom is -0.207 e. The van der Waals surface area contributed by atoms with Gasteiger partial charge >= 0.3 is 0 Å². The van der Waals surface area contributed by atoms with Gasteiger partial charge in [0, 0.05) is 11.9 Å². The summed E-state index contributed by atoms with van der Waals surface area (Å²) in [5.74, 6) is 0.421. The van der Waals surface area contributed by atoms with Gasteiger partial charge in [0.25, 0.3) is 0 Å². The first-order valence-electron chi connectivity index (χ1n) is 5.93. The SMILES string of the molecule is Cc1ccc(C)c(S(=O)(=O)NC(CCl)C(C)C)c1. The van der Waals surface area contributed by atoms with Crippen molar-refractivity contribution in [2.45, 2.75) is 38.6 Å². The van der Waals surface area contributed by atoms with Crippen molar-refractivity contribution < 1.29 is 8.42 Å². The third-order valence-corrected chi connectivity index (χ3v) is 4.88. The van der Waals surface area contributed by atoms with Crippen LogP contribution in [-0.2, 0) is 10.0 Å². The van der Waals surface area contributed by atoms with Gasteiger partial charge in [-0.1, -0.05) is 26.0 Å². The van der Waals surface area contributed by atoms with Crippen LogP contribution < -0.4 is 4.72 Å². The molecule has 1 aromatic carbocycles. The lowest BCUT2D eigenvalue weighted by atomic mass is 10.1. The van der Waals surface area contributed by atoms with E-state index in [1.807, 2.05) is 32.9 Å². The average Bonchev–Trinajstić information content (AvgIpc) is 2.28. The number of alkyl halides is 1. The number of aryl methyl sites for hydroxylation is 2. The fraction of sp³-hybridized carbons (Fsp3) is 0.538. The first-order valence-corrected chi connectivity index (χ1v) is 7.95. The molecule has 102 valence electrons. The molecule has 1 atom stereocenters. The predicted molar refractivity (Wildman–Crippen MR) is 75.6 cm³/mol. The molecule has 0 spiro atoms. The van der Waals surface area contributed by atoms with Gasteiger partial charge < -0.3 is 0 Å². The zero-order valence-corrected chi connectivity index (χ0v) is 12.8. The first-order chi connectivity index (χ1) is 8.27. The van der Waals surface area contributed by atoms with Crippen LogP contribution in [0.3, 0.4) is 0 Å². The van der Waals surface area contributed by atoms with E-state index in [1.54, 1.807) is 13.0 Å². The monoisotopic (exact) mass is 289 g/mol. The lowest BCUT2D eigenvalue weighted by Crippen LogP contribution is -2.40. The Bertz CT molecular complexity index is 512. The number of hydrogen-bond donors (Lipinski definition) is 1. The quantitative estimate of drug-likeness (QED) is 0.847. The van der Waals surface area contributed by atoms with Crippen LogP contribution in [0.15, 0.2) is 23.1 Å². The summed E-state index contributed by atoms with van der Waals surface area (Å²) >= 11 is 5.80. The average molecular weight is 290 g/mol. The van der Waals surface area contributed by atoms with Crippen molar-refractivity contribution in [1.29, 1.82) is 0 Å². The molecule has 1 aromatic rings. The van der Waals surface area contributed by atoms with Crippen LogP contribution in [0, 0.1) is 19.8 Å². The topological polar surface area (TPSA) is 46.2 Å². The van der Waals surface area contributed by atoms with E-state index in [-0.39, 0.29) is 17.8 Å². The molecule has 0 saturated heterocycles. The van der Waals surface area contributed by atoms with E-state index in [1.165, 1.54) is 0 Å². The molecule has 0 heterocycles. The number of hydrogen-bond acceptors (Lipinski definition) is 2. The zero-order chi connectivity index (χ0) is 13.9. The lowest BCUT2D eigenvalue weighted by molar-refractivity contribution is 0.480. The molecule has 0 aromatic heterocycles. The molecule has 3 nitrogen and oxygen atoms in total. The molecule has 0 amide bonds. The summed E-state index contributed by atoms with van der Waals surface area (Å²) in [6, 6.07) is 5.14. The molecule has 0 aliphatic heterocycles. The summed E-state index contributed by atoms with van der Waals surface area (Å²) in [6.07, 6.45) is 0. The van der Waals surface area contributed by atoms with Gasteiger partial charge in [-0.15, -0.1) is 11.6 Å². The standard InChI is InChI=1S/C13H20ClNO2S/c1-9(2)12(8-14)15-18(16,17)13-7-10(3)5-6-11(13)4/h5-7,9,12,15H,8H2,1-4H3. The Labute approximate surface area is 115 Å². The van der Waals surface area contributed by atoms with Crippen LogP contribution in [0.25, 0.3) is 0 Å². The van der Waals surface area contributed by atoms with Gasteiger partial charge in [-0.2, -0.15) is 0 Å². The molecular weight excluding hydrogens is 270 g/mol. The lowest BCUT2D eigenvalue weighted by Gasteiger charge is -2.20. The van der Waals surface area contributed by atoms with Crippen molar-refractivity contribution >= 4 is 21.6 Å². The van der Waals surface area contributed by atoms with Gasteiger partial charge in [-0.25, -0.2) is 13.1 Å². The Kier molecular flexibility index (Phi) is 5.20. The normalized spacial score (nSPS) is 13.9. The van der Waals surface area contributed by atoms with E-state index in [2.05, 4.69) is 4.72 Å². The van der Waals surface area contributed by atoms with Gasteiger partial charge in [0.15, 0.2) is 0 Å². The molecule has 18 heavy (non-hydrogen) atoms. The number of rotatable bonds is 5. The number of halogens is 1. The van der Waals surface area contributed by atoms with Gasteiger partial charge in [0.2, 0.25) is 10.0 Å². The summed E-state index contributed by atoms with van der Waals surface area (Å²) in [5.41, 5.74) is 1.66. The molecule has 1 unspecified atom stereocenters. The molecule has 0 fully saturated rings. The highest BCUT2D eigenvalue weighted by atomic mass is 35.5. The highest BCUT2D eigenvalue weighted by Crippen LogP contribution is 2.18. The molecular formula is C13H20ClNO2S.